The lowest BCUT2D eigenvalue weighted by Gasteiger charge is -2.19. The summed E-state index contributed by atoms with van der Waals surface area (Å²) < 4.78 is 10.3. The molecule has 2 aliphatic rings. The number of hydrogen-bond acceptors (Lipinski definition) is 4. The van der Waals surface area contributed by atoms with Gasteiger partial charge >= 0.3 is 0 Å². The minimum absolute atomic E-state index is 0.224. The van der Waals surface area contributed by atoms with Gasteiger partial charge in [-0.25, -0.2) is 0 Å². The van der Waals surface area contributed by atoms with Crippen molar-refractivity contribution in [3.05, 3.63) is 35.8 Å². The predicted molar refractivity (Wildman–Crippen MR) is 71.9 cm³/mol. The molecule has 0 atom stereocenters. The number of hydrogen-bond donors (Lipinski definition) is 2. The van der Waals surface area contributed by atoms with Gasteiger partial charge in [-0.2, -0.15) is 0 Å². The zero-order valence-corrected chi connectivity index (χ0v) is 10.6. The molecule has 0 bridgehead atoms. The molecule has 0 saturated carbocycles. The van der Waals surface area contributed by atoms with E-state index in [1.165, 1.54) is 11.8 Å². The van der Waals surface area contributed by atoms with Crippen molar-refractivity contribution >= 4 is 17.3 Å². The number of benzene rings is 1. The first kappa shape index (κ1) is 11.9. The second kappa shape index (κ2) is 5.22. The summed E-state index contributed by atoms with van der Waals surface area (Å²) in [6, 6.07) is 5.89. The maximum absolute atomic E-state index is 11.9. The fraction of sp³-hybridized carbons (Fsp3) is 0.357. The van der Waals surface area contributed by atoms with Gasteiger partial charge in [-0.05, 0) is 36.6 Å². The number of aryl methyl sites for hydroxylation is 1. The first-order chi connectivity index (χ1) is 9.33. The van der Waals surface area contributed by atoms with Gasteiger partial charge in [0.2, 0.25) is 5.76 Å². The second-order valence-electron chi connectivity index (χ2n) is 4.56. The molecule has 2 heterocycles. The fourth-order valence-corrected chi connectivity index (χ4v) is 2.23. The molecule has 1 aromatic carbocycles. The van der Waals surface area contributed by atoms with Crippen molar-refractivity contribution in [2.24, 2.45) is 0 Å². The van der Waals surface area contributed by atoms with Crippen molar-refractivity contribution in [1.29, 1.82) is 0 Å². The highest BCUT2D eigenvalue weighted by Gasteiger charge is 2.16. The molecule has 0 fully saturated rings. The molecule has 2 N–H and O–H groups in total. The second-order valence-corrected chi connectivity index (χ2v) is 4.56. The first-order valence-corrected chi connectivity index (χ1v) is 6.46. The minimum atomic E-state index is -0.275. The van der Waals surface area contributed by atoms with Crippen LogP contribution < -0.4 is 10.6 Å². The molecule has 2 aliphatic heterocycles. The van der Waals surface area contributed by atoms with E-state index in [1.54, 1.807) is 0 Å². The molecule has 0 radical (unpaired) electrons. The van der Waals surface area contributed by atoms with Crippen LogP contribution in [0, 0.1) is 0 Å². The summed E-state index contributed by atoms with van der Waals surface area (Å²) in [5.41, 5.74) is 3.17. The maximum atomic E-state index is 11.9. The SMILES string of the molecule is O=C(Nc1ccc2c(c1)CCCN2)C1=COCCO1. The molecule has 5 heteroatoms. The predicted octanol–water partition coefficient (Wildman–Crippen LogP) is 1.87. The van der Waals surface area contributed by atoms with Crippen molar-refractivity contribution in [2.45, 2.75) is 12.8 Å². The summed E-state index contributed by atoms with van der Waals surface area (Å²) in [4.78, 5) is 11.9. The van der Waals surface area contributed by atoms with E-state index in [-0.39, 0.29) is 11.7 Å². The average molecular weight is 260 g/mol. The Morgan fingerprint density at radius 1 is 1.32 bits per heavy atom. The van der Waals surface area contributed by atoms with Gasteiger partial charge < -0.3 is 20.1 Å². The lowest BCUT2D eigenvalue weighted by Crippen LogP contribution is -2.21. The summed E-state index contributed by atoms with van der Waals surface area (Å²) in [5.74, 6) is -0.0504. The summed E-state index contributed by atoms with van der Waals surface area (Å²) in [5, 5.41) is 6.16. The van der Waals surface area contributed by atoms with Crippen molar-refractivity contribution in [3.8, 4) is 0 Å². The van der Waals surface area contributed by atoms with E-state index in [4.69, 9.17) is 9.47 Å². The third-order valence-corrected chi connectivity index (χ3v) is 3.17. The number of fused-ring (bicyclic) bond motifs is 1. The Morgan fingerprint density at radius 2 is 2.26 bits per heavy atom. The van der Waals surface area contributed by atoms with Crippen LogP contribution in [0.5, 0.6) is 0 Å². The van der Waals surface area contributed by atoms with Gasteiger partial charge in [0.05, 0.1) is 0 Å². The minimum Gasteiger partial charge on any atom is -0.494 e. The quantitative estimate of drug-likeness (QED) is 0.852. The third-order valence-electron chi connectivity index (χ3n) is 3.17. The monoisotopic (exact) mass is 260 g/mol. The number of carbonyl (C=O) groups excluding carboxylic acids is 1. The Bertz CT molecular complexity index is 525. The Hall–Kier alpha value is -2.17. The van der Waals surface area contributed by atoms with Gasteiger partial charge in [0, 0.05) is 17.9 Å². The molecule has 1 amide bonds. The van der Waals surface area contributed by atoms with Gasteiger partial charge in [-0.15, -0.1) is 0 Å². The van der Waals surface area contributed by atoms with Crippen molar-refractivity contribution < 1.29 is 14.3 Å². The van der Waals surface area contributed by atoms with E-state index in [1.807, 2.05) is 18.2 Å². The van der Waals surface area contributed by atoms with Crippen LogP contribution in [0.3, 0.4) is 0 Å². The summed E-state index contributed by atoms with van der Waals surface area (Å²) in [6.07, 6.45) is 3.51. The van der Waals surface area contributed by atoms with Crippen LogP contribution in [0.1, 0.15) is 12.0 Å². The molecule has 100 valence electrons. The van der Waals surface area contributed by atoms with E-state index in [2.05, 4.69) is 10.6 Å². The normalized spacial score (nSPS) is 17.2. The van der Waals surface area contributed by atoms with E-state index in [0.29, 0.717) is 13.2 Å². The van der Waals surface area contributed by atoms with Crippen molar-refractivity contribution in [1.82, 2.24) is 0 Å². The van der Waals surface area contributed by atoms with Gasteiger partial charge in [-0.1, -0.05) is 0 Å². The van der Waals surface area contributed by atoms with E-state index in [9.17, 15) is 4.79 Å². The molecular formula is C14H16N2O3. The summed E-state index contributed by atoms with van der Waals surface area (Å²) >= 11 is 0. The average Bonchev–Trinajstić information content (AvgIpc) is 2.48. The Balaban J connectivity index is 1.72. The highest BCUT2D eigenvalue weighted by molar-refractivity contribution is 6.02. The molecule has 5 nitrogen and oxygen atoms in total. The Labute approximate surface area is 111 Å². The van der Waals surface area contributed by atoms with Gasteiger partial charge in [0.15, 0.2) is 0 Å². The molecule has 19 heavy (non-hydrogen) atoms. The van der Waals surface area contributed by atoms with Crippen LogP contribution in [0.4, 0.5) is 11.4 Å². The van der Waals surface area contributed by atoms with Gasteiger partial charge in [0.25, 0.3) is 5.91 Å². The maximum Gasteiger partial charge on any atom is 0.294 e. The molecule has 0 aliphatic carbocycles. The zero-order chi connectivity index (χ0) is 13.1. The van der Waals surface area contributed by atoms with E-state index >= 15 is 0 Å². The third kappa shape index (κ3) is 2.65. The van der Waals surface area contributed by atoms with Crippen molar-refractivity contribution in [2.75, 3.05) is 30.4 Å². The highest BCUT2D eigenvalue weighted by Crippen LogP contribution is 2.25. The van der Waals surface area contributed by atoms with Gasteiger partial charge in [0.1, 0.15) is 19.5 Å². The van der Waals surface area contributed by atoms with E-state index in [0.717, 1.165) is 30.8 Å². The lowest BCUT2D eigenvalue weighted by atomic mass is 10.0. The fourth-order valence-electron chi connectivity index (χ4n) is 2.23. The van der Waals surface area contributed by atoms with Crippen LogP contribution in [0.25, 0.3) is 0 Å². The largest absolute Gasteiger partial charge is 0.494 e. The topological polar surface area (TPSA) is 59.6 Å². The number of ether oxygens (including phenoxy) is 2. The van der Waals surface area contributed by atoms with Crippen LogP contribution in [-0.2, 0) is 20.7 Å². The van der Waals surface area contributed by atoms with Gasteiger partial charge in [-0.3, -0.25) is 4.79 Å². The van der Waals surface area contributed by atoms with Crippen LogP contribution in [0.2, 0.25) is 0 Å². The van der Waals surface area contributed by atoms with Crippen molar-refractivity contribution in [3.63, 3.8) is 0 Å². The number of rotatable bonds is 2. The summed E-state index contributed by atoms with van der Waals surface area (Å²) in [6.45, 7) is 1.91. The Morgan fingerprint density at radius 3 is 3.11 bits per heavy atom. The van der Waals surface area contributed by atoms with Crippen LogP contribution in [0.15, 0.2) is 30.2 Å². The lowest BCUT2D eigenvalue weighted by molar-refractivity contribution is -0.117. The molecule has 0 spiro atoms. The Kier molecular flexibility index (Phi) is 3.27. The molecule has 3 rings (SSSR count). The number of nitrogens with one attached hydrogen (secondary N) is 2. The number of amides is 1. The van der Waals surface area contributed by atoms with Crippen LogP contribution in [-0.4, -0.2) is 25.7 Å². The smallest absolute Gasteiger partial charge is 0.294 e. The highest BCUT2D eigenvalue weighted by atomic mass is 16.6. The molecular weight excluding hydrogens is 244 g/mol. The number of carbonyl (C=O) groups is 1. The molecule has 0 saturated heterocycles. The molecule has 1 aromatic rings. The van der Waals surface area contributed by atoms with E-state index < -0.39 is 0 Å². The standard InChI is InChI=1S/C14H16N2O3/c17-14(13-9-18-6-7-19-13)16-11-3-4-12-10(8-11)2-1-5-15-12/h3-4,8-9,15H,1-2,5-7H2,(H,16,17). The molecule has 0 aromatic heterocycles. The molecule has 0 unspecified atom stereocenters. The first-order valence-electron chi connectivity index (χ1n) is 6.46. The van der Waals surface area contributed by atoms with Crippen LogP contribution >= 0.6 is 0 Å². The number of anilines is 2. The summed E-state index contributed by atoms with van der Waals surface area (Å²) in [7, 11) is 0. The zero-order valence-electron chi connectivity index (χ0n) is 10.6.